The van der Waals surface area contributed by atoms with Crippen molar-refractivity contribution in [3.8, 4) is 11.5 Å². The van der Waals surface area contributed by atoms with Crippen molar-refractivity contribution in [3.63, 3.8) is 0 Å². The van der Waals surface area contributed by atoms with Gasteiger partial charge in [0.05, 0.1) is 31.5 Å². The summed E-state index contributed by atoms with van der Waals surface area (Å²) in [7, 11) is 1.71. The fourth-order valence-corrected chi connectivity index (χ4v) is 3.65. The number of nitrogens with one attached hydrogen (secondary N) is 1. The normalized spacial score (nSPS) is 12.8. The Bertz CT molecular complexity index is 1190. The Morgan fingerprint density at radius 3 is 2.64 bits per heavy atom. The minimum Gasteiger partial charge on any atom is -0.492 e. The van der Waals surface area contributed by atoms with E-state index in [1.165, 1.54) is 35.4 Å². The molecule has 0 spiro atoms. The van der Waals surface area contributed by atoms with E-state index in [0.29, 0.717) is 24.8 Å². The lowest BCUT2D eigenvalue weighted by Gasteiger charge is -2.17. The predicted molar refractivity (Wildman–Crippen MR) is 134 cm³/mol. The van der Waals surface area contributed by atoms with Crippen molar-refractivity contribution in [1.29, 1.82) is 0 Å². The van der Waals surface area contributed by atoms with Gasteiger partial charge in [-0.1, -0.05) is 18.2 Å². The first-order valence-corrected chi connectivity index (χ1v) is 12.1. The van der Waals surface area contributed by atoms with Crippen LogP contribution >= 0.6 is 0 Å². The molecule has 190 valence electrons. The van der Waals surface area contributed by atoms with Crippen molar-refractivity contribution in [2.75, 3.05) is 32.1 Å². The van der Waals surface area contributed by atoms with E-state index in [1.54, 1.807) is 37.2 Å². The first-order chi connectivity index (χ1) is 17.4. The Balaban J connectivity index is 1.14. The van der Waals surface area contributed by atoms with Crippen LogP contribution in [-0.2, 0) is 16.1 Å². The van der Waals surface area contributed by atoms with Crippen LogP contribution in [0.5, 0.6) is 11.5 Å². The monoisotopic (exact) mass is 494 g/mol. The van der Waals surface area contributed by atoms with E-state index in [1.807, 2.05) is 12.1 Å². The van der Waals surface area contributed by atoms with Gasteiger partial charge in [-0.05, 0) is 61.1 Å². The number of aromatic nitrogens is 2. The standard InChI is InChI=1S/C27H31FN4O4/c1-19-3-10-25(24(28)15-19)36-13-11-26(33)30-22-16-29-32(17-22)18-27(34)31(2)12-14-35-23-8-6-21(7-9-23)20-4-5-20/h3,6-10,15-17,20H,4-5,11-14,18H2,1-2H3,(H,30,33). The number of rotatable bonds is 12. The van der Waals surface area contributed by atoms with Crippen LogP contribution in [0.25, 0.3) is 0 Å². The van der Waals surface area contributed by atoms with Gasteiger partial charge in [0.15, 0.2) is 11.6 Å². The number of benzene rings is 2. The molecule has 0 unspecified atom stereocenters. The highest BCUT2D eigenvalue weighted by Gasteiger charge is 2.23. The van der Waals surface area contributed by atoms with Gasteiger partial charge in [-0.3, -0.25) is 14.3 Å². The maximum Gasteiger partial charge on any atom is 0.244 e. The molecule has 1 heterocycles. The number of hydrogen-bond donors (Lipinski definition) is 1. The van der Waals surface area contributed by atoms with Gasteiger partial charge in [0.2, 0.25) is 11.8 Å². The summed E-state index contributed by atoms with van der Waals surface area (Å²) in [6.45, 7) is 2.69. The predicted octanol–water partition coefficient (Wildman–Crippen LogP) is 4.15. The van der Waals surface area contributed by atoms with Crippen LogP contribution in [0, 0.1) is 12.7 Å². The Hall–Kier alpha value is -3.88. The number of aryl methyl sites for hydroxylation is 1. The van der Waals surface area contributed by atoms with Crippen LogP contribution < -0.4 is 14.8 Å². The van der Waals surface area contributed by atoms with Crippen molar-refractivity contribution >= 4 is 17.5 Å². The number of nitrogens with zero attached hydrogens (tertiary/aromatic N) is 3. The lowest BCUT2D eigenvalue weighted by Crippen LogP contribution is -2.33. The summed E-state index contributed by atoms with van der Waals surface area (Å²) in [6.07, 6.45) is 5.64. The molecule has 0 atom stereocenters. The van der Waals surface area contributed by atoms with Crippen LogP contribution in [0.2, 0.25) is 0 Å². The van der Waals surface area contributed by atoms with Gasteiger partial charge < -0.3 is 19.7 Å². The second kappa shape index (κ2) is 11.7. The topological polar surface area (TPSA) is 85.7 Å². The molecule has 0 aliphatic heterocycles. The molecule has 0 saturated heterocycles. The van der Waals surface area contributed by atoms with E-state index < -0.39 is 5.82 Å². The van der Waals surface area contributed by atoms with E-state index in [0.717, 1.165) is 11.3 Å². The molecule has 1 fully saturated rings. The number of anilines is 1. The third kappa shape index (κ3) is 7.31. The van der Waals surface area contributed by atoms with Crippen molar-refractivity contribution in [2.45, 2.75) is 38.6 Å². The molecule has 1 N–H and O–H groups in total. The first kappa shape index (κ1) is 25.2. The highest BCUT2D eigenvalue weighted by molar-refractivity contribution is 5.90. The maximum atomic E-state index is 13.8. The molecular formula is C27H31FN4O4. The summed E-state index contributed by atoms with van der Waals surface area (Å²) in [5.74, 6) is 0.733. The number of amides is 2. The number of hydrogen-bond acceptors (Lipinski definition) is 5. The molecule has 2 amide bonds. The Kier molecular flexibility index (Phi) is 8.20. The summed E-state index contributed by atoms with van der Waals surface area (Å²) >= 11 is 0. The third-order valence-corrected chi connectivity index (χ3v) is 5.94. The van der Waals surface area contributed by atoms with Gasteiger partial charge >= 0.3 is 0 Å². The first-order valence-electron chi connectivity index (χ1n) is 12.1. The minimum absolute atomic E-state index is 0.0377. The van der Waals surface area contributed by atoms with Crippen LogP contribution in [0.4, 0.5) is 10.1 Å². The number of ether oxygens (including phenoxy) is 2. The second-order valence-corrected chi connectivity index (χ2v) is 9.01. The van der Waals surface area contributed by atoms with Crippen LogP contribution in [-0.4, -0.2) is 53.3 Å². The van der Waals surface area contributed by atoms with Crippen molar-refractivity contribution in [1.82, 2.24) is 14.7 Å². The van der Waals surface area contributed by atoms with Crippen LogP contribution in [0.1, 0.15) is 36.3 Å². The Morgan fingerprint density at radius 1 is 1.14 bits per heavy atom. The van der Waals surface area contributed by atoms with Crippen molar-refractivity contribution < 1.29 is 23.5 Å². The largest absolute Gasteiger partial charge is 0.492 e. The molecule has 36 heavy (non-hydrogen) atoms. The zero-order valence-corrected chi connectivity index (χ0v) is 20.6. The van der Waals surface area contributed by atoms with Gasteiger partial charge in [0, 0.05) is 13.2 Å². The number of halogens is 1. The summed E-state index contributed by atoms with van der Waals surface area (Å²) < 4.78 is 26.4. The van der Waals surface area contributed by atoms with Gasteiger partial charge in [-0.2, -0.15) is 5.10 Å². The molecule has 2 aromatic carbocycles. The van der Waals surface area contributed by atoms with E-state index in [9.17, 15) is 14.0 Å². The lowest BCUT2D eigenvalue weighted by molar-refractivity contribution is -0.131. The summed E-state index contributed by atoms with van der Waals surface area (Å²) in [5, 5.41) is 6.84. The number of carbonyl (C=O) groups excluding carboxylic acids is 2. The molecular weight excluding hydrogens is 463 g/mol. The SMILES string of the molecule is Cc1ccc(OCCC(=O)Nc2cnn(CC(=O)N(C)CCOc3ccc(C4CC4)cc3)c2)c(F)c1. The van der Waals surface area contributed by atoms with Gasteiger partial charge in [0.1, 0.15) is 18.9 Å². The zero-order valence-electron chi connectivity index (χ0n) is 20.6. The van der Waals surface area contributed by atoms with Crippen molar-refractivity contribution in [2.24, 2.45) is 0 Å². The zero-order chi connectivity index (χ0) is 25.5. The Morgan fingerprint density at radius 2 is 1.92 bits per heavy atom. The average Bonchev–Trinajstić information content (AvgIpc) is 3.61. The fourth-order valence-electron chi connectivity index (χ4n) is 3.65. The molecule has 1 aromatic heterocycles. The number of carbonyl (C=O) groups is 2. The highest BCUT2D eigenvalue weighted by atomic mass is 19.1. The van der Waals surface area contributed by atoms with E-state index in [4.69, 9.17) is 9.47 Å². The summed E-state index contributed by atoms with van der Waals surface area (Å²) in [5.41, 5.74) is 2.62. The molecule has 4 rings (SSSR count). The van der Waals surface area contributed by atoms with Gasteiger partial charge in [-0.15, -0.1) is 0 Å². The summed E-state index contributed by atoms with van der Waals surface area (Å²) in [4.78, 5) is 26.3. The molecule has 1 aliphatic rings. The average molecular weight is 495 g/mol. The van der Waals surface area contributed by atoms with Crippen LogP contribution in [0.15, 0.2) is 54.9 Å². The molecule has 3 aromatic rings. The molecule has 1 saturated carbocycles. The Labute approximate surface area is 210 Å². The molecule has 0 bridgehead atoms. The second-order valence-electron chi connectivity index (χ2n) is 9.01. The third-order valence-electron chi connectivity index (χ3n) is 5.94. The van der Waals surface area contributed by atoms with Crippen molar-refractivity contribution in [3.05, 3.63) is 71.8 Å². The molecule has 9 heteroatoms. The smallest absolute Gasteiger partial charge is 0.244 e. The molecule has 0 radical (unpaired) electrons. The summed E-state index contributed by atoms with van der Waals surface area (Å²) in [6, 6.07) is 12.8. The quantitative estimate of drug-likeness (QED) is 0.409. The fraction of sp³-hybridized carbons (Fsp3) is 0.370. The lowest BCUT2D eigenvalue weighted by atomic mass is 10.1. The molecule has 8 nitrogen and oxygen atoms in total. The minimum atomic E-state index is -0.458. The van der Waals surface area contributed by atoms with Gasteiger partial charge in [-0.25, -0.2) is 4.39 Å². The van der Waals surface area contributed by atoms with E-state index in [2.05, 4.69) is 22.5 Å². The highest BCUT2D eigenvalue weighted by Crippen LogP contribution is 2.40. The van der Waals surface area contributed by atoms with Gasteiger partial charge in [0.25, 0.3) is 0 Å². The number of likely N-dealkylation sites (N-methyl/N-ethyl adjacent to an activating group) is 1. The van der Waals surface area contributed by atoms with E-state index >= 15 is 0 Å². The molecule has 1 aliphatic carbocycles. The van der Waals surface area contributed by atoms with Crippen LogP contribution in [0.3, 0.4) is 0 Å². The van der Waals surface area contributed by atoms with E-state index in [-0.39, 0.29) is 37.1 Å². The maximum absolute atomic E-state index is 13.8.